The summed E-state index contributed by atoms with van der Waals surface area (Å²) in [5, 5.41) is 0. The Kier molecular flexibility index (Phi) is 10.1. The number of benzene rings is 1. The van der Waals surface area contributed by atoms with Gasteiger partial charge in [0, 0.05) is 29.1 Å². The van der Waals surface area contributed by atoms with Gasteiger partial charge in [0.25, 0.3) is 0 Å². The minimum Gasteiger partial charge on any atom is -0.459 e. The van der Waals surface area contributed by atoms with Crippen molar-refractivity contribution >= 4 is 23.3 Å². The predicted molar refractivity (Wildman–Crippen MR) is 177 cm³/mol. The smallest absolute Gasteiger partial charge is 0.331 e. The summed E-state index contributed by atoms with van der Waals surface area (Å²) in [4.78, 5) is 24.8. The van der Waals surface area contributed by atoms with Crippen molar-refractivity contribution in [3.63, 3.8) is 0 Å². The number of rotatable bonds is 10. The molecule has 244 valence electrons. The fourth-order valence-electron chi connectivity index (χ4n) is 10.6. The second kappa shape index (κ2) is 13.5. The first-order valence-electron chi connectivity index (χ1n) is 17.6. The van der Waals surface area contributed by atoms with E-state index in [-0.39, 0.29) is 12.7 Å². The summed E-state index contributed by atoms with van der Waals surface area (Å²) in [6.07, 6.45) is 17.6. The maximum absolute atomic E-state index is 12.6. The Morgan fingerprint density at radius 2 is 1.64 bits per heavy atom. The van der Waals surface area contributed by atoms with E-state index in [9.17, 15) is 9.59 Å². The molecule has 0 saturated heterocycles. The minimum atomic E-state index is -0.601. The fraction of sp³-hybridized carbons (Fsp3) is 0.737. The minimum absolute atomic E-state index is 0.0212. The van der Waals surface area contributed by atoms with E-state index in [4.69, 9.17) is 20.9 Å². The van der Waals surface area contributed by atoms with Gasteiger partial charge in [-0.05, 0) is 122 Å². The molecule has 4 aliphatic rings. The lowest BCUT2D eigenvalue weighted by atomic mass is 9.44. The molecule has 9 atom stereocenters. The molecule has 6 heteroatoms. The van der Waals surface area contributed by atoms with E-state index in [1.54, 1.807) is 18.2 Å². The van der Waals surface area contributed by atoms with Crippen molar-refractivity contribution in [3.8, 4) is 0 Å². The van der Waals surface area contributed by atoms with E-state index in [0.29, 0.717) is 33.7 Å². The Morgan fingerprint density at radius 1 is 0.909 bits per heavy atom. The zero-order valence-electron chi connectivity index (χ0n) is 28.0. The van der Waals surface area contributed by atoms with E-state index < -0.39 is 11.9 Å². The number of hydrogen-bond donors (Lipinski definition) is 2. The molecule has 4 N–H and O–H groups in total. The number of ether oxygens (including phenoxy) is 2. The number of carbonyl (C=O) groups excluding carboxylic acids is 2. The highest BCUT2D eigenvalue weighted by atomic mass is 16.5. The molecular weight excluding hydrogens is 548 g/mol. The maximum Gasteiger partial charge on any atom is 0.331 e. The SMILES string of the molecule is CC(C)CCCC(C)C1CCC2C3CCC4CC(OC(=O)/C=C/C(=O)OCc5ccc(N)cc5N)CCC4(C)C3CCC12C. The largest absolute Gasteiger partial charge is 0.459 e. The first kappa shape index (κ1) is 32.9. The van der Waals surface area contributed by atoms with Gasteiger partial charge in [0.05, 0.1) is 0 Å². The maximum atomic E-state index is 12.6. The molecule has 4 fully saturated rings. The lowest BCUT2D eigenvalue weighted by molar-refractivity contribution is -0.158. The van der Waals surface area contributed by atoms with Crippen LogP contribution in [0.15, 0.2) is 30.4 Å². The highest BCUT2D eigenvalue weighted by molar-refractivity contribution is 5.91. The van der Waals surface area contributed by atoms with E-state index in [2.05, 4.69) is 34.6 Å². The van der Waals surface area contributed by atoms with E-state index in [1.807, 2.05) is 0 Å². The molecule has 0 spiro atoms. The number of hydrogen-bond acceptors (Lipinski definition) is 6. The molecule has 44 heavy (non-hydrogen) atoms. The van der Waals surface area contributed by atoms with Crippen molar-refractivity contribution in [2.45, 2.75) is 124 Å². The average Bonchev–Trinajstić information content (AvgIpc) is 3.33. The van der Waals surface area contributed by atoms with E-state index >= 15 is 0 Å². The van der Waals surface area contributed by atoms with E-state index in [1.165, 1.54) is 63.9 Å². The standard InChI is InChI=1S/C38H58N2O4/c1-24(2)7-6-8-25(3)31-13-14-32-30-12-10-27-21-29(17-19-37(27,4)33(30)18-20-38(31,32)5)44-36(42)16-15-35(41)43-23-26-9-11-28(39)22-34(26)40/h9,11,15-16,22,24-25,27,29-33H,6-8,10,12-14,17-21,23,39-40H2,1-5H3/b16-15+. The van der Waals surface area contributed by atoms with Crippen LogP contribution in [0.4, 0.5) is 11.4 Å². The summed E-state index contributed by atoms with van der Waals surface area (Å²) in [5.41, 5.74) is 14.2. The topological polar surface area (TPSA) is 105 Å². The lowest BCUT2D eigenvalue weighted by Crippen LogP contribution is -2.54. The van der Waals surface area contributed by atoms with Gasteiger partial charge in [-0.15, -0.1) is 0 Å². The number of esters is 2. The molecule has 0 aliphatic heterocycles. The first-order chi connectivity index (χ1) is 20.9. The molecule has 4 aliphatic carbocycles. The molecule has 1 aromatic carbocycles. The second-order valence-electron chi connectivity index (χ2n) is 15.9. The number of nitrogens with two attached hydrogens (primary N) is 2. The van der Waals surface area contributed by atoms with Crippen LogP contribution in [0.5, 0.6) is 0 Å². The van der Waals surface area contributed by atoms with Crippen molar-refractivity contribution in [1.82, 2.24) is 0 Å². The molecule has 4 saturated carbocycles. The average molecular weight is 607 g/mol. The van der Waals surface area contributed by atoms with Crippen molar-refractivity contribution < 1.29 is 19.1 Å². The van der Waals surface area contributed by atoms with Gasteiger partial charge in [0.1, 0.15) is 12.7 Å². The quantitative estimate of drug-likeness (QED) is 0.157. The van der Waals surface area contributed by atoms with Crippen LogP contribution >= 0.6 is 0 Å². The number of carbonyl (C=O) groups is 2. The second-order valence-corrected chi connectivity index (χ2v) is 15.9. The summed E-state index contributed by atoms with van der Waals surface area (Å²) in [6, 6.07) is 5.07. The van der Waals surface area contributed by atoms with Crippen LogP contribution < -0.4 is 11.5 Å². The van der Waals surface area contributed by atoms with Crippen LogP contribution in [-0.4, -0.2) is 18.0 Å². The third-order valence-electron chi connectivity index (χ3n) is 13.0. The van der Waals surface area contributed by atoms with Crippen LogP contribution in [0.2, 0.25) is 0 Å². The van der Waals surface area contributed by atoms with Gasteiger partial charge in [-0.3, -0.25) is 0 Å². The summed E-state index contributed by atoms with van der Waals surface area (Å²) in [6.45, 7) is 12.5. The molecule has 1 aromatic rings. The normalized spacial score (nSPS) is 35.5. The zero-order chi connectivity index (χ0) is 31.6. The van der Waals surface area contributed by atoms with Crippen molar-refractivity contribution in [3.05, 3.63) is 35.9 Å². The monoisotopic (exact) mass is 606 g/mol. The van der Waals surface area contributed by atoms with Gasteiger partial charge in [-0.2, -0.15) is 0 Å². The van der Waals surface area contributed by atoms with Crippen LogP contribution in [0.1, 0.15) is 117 Å². The Labute approximate surface area is 266 Å². The summed E-state index contributed by atoms with van der Waals surface area (Å²) < 4.78 is 11.1. The predicted octanol–water partition coefficient (Wildman–Crippen LogP) is 8.48. The molecule has 0 radical (unpaired) electrons. The van der Waals surface area contributed by atoms with Gasteiger partial charge in [0.2, 0.25) is 0 Å². The Bertz CT molecular complexity index is 1210. The highest BCUT2D eigenvalue weighted by Crippen LogP contribution is 2.68. The third-order valence-corrected chi connectivity index (χ3v) is 13.0. The van der Waals surface area contributed by atoms with Gasteiger partial charge in [-0.25, -0.2) is 9.59 Å². The number of fused-ring (bicyclic) bond motifs is 5. The summed E-state index contributed by atoms with van der Waals surface area (Å²) in [7, 11) is 0. The number of nitrogen functional groups attached to an aromatic ring is 2. The molecule has 0 bridgehead atoms. The highest BCUT2D eigenvalue weighted by Gasteiger charge is 2.60. The van der Waals surface area contributed by atoms with Crippen LogP contribution in [-0.2, 0) is 25.7 Å². The van der Waals surface area contributed by atoms with Crippen LogP contribution in [0.25, 0.3) is 0 Å². The molecule has 0 aromatic heterocycles. The van der Waals surface area contributed by atoms with Crippen molar-refractivity contribution in [1.29, 1.82) is 0 Å². The summed E-state index contributed by atoms with van der Waals surface area (Å²) in [5.74, 6) is 4.62. The Balaban J connectivity index is 1.12. The number of anilines is 2. The Hall–Kier alpha value is -2.50. The molecule has 0 amide bonds. The molecule has 6 nitrogen and oxygen atoms in total. The van der Waals surface area contributed by atoms with Gasteiger partial charge in [0.15, 0.2) is 0 Å². The zero-order valence-corrected chi connectivity index (χ0v) is 28.0. The molecular formula is C38H58N2O4. The van der Waals surface area contributed by atoms with Crippen LogP contribution in [0, 0.1) is 52.3 Å². The molecule has 5 rings (SSSR count). The molecule has 0 heterocycles. The summed E-state index contributed by atoms with van der Waals surface area (Å²) >= 11 is 0. The van der Waals surface area contributed by atoms with Gasteiger partial charge >= 0.3 is 11.9 Å². The lowest BCUT2D eigenvalue weighted by Gasteiger charge is -2.61. The van der Waals surface area contributed by atoms with E-state index in [0.717, 1.165) is 60.8 Å². The third kappa shape index (κ3) is 6.84. The van der Waals surface area contributed by atoms with Crippen LogP contribution in [0.3, 0.4) is 0 Å². The first-order valence-corrected chi connectivity index (χ1v) is 17.6. The van der Waals surface area contributed by atoms with Crippen molar-refractivity contribution in [2.75, 3.05) is 11.5 Å². The van der Waals surface area contributed by atoms with Gasteiger partial charge < -0.3 is 20.9 Å². The fourth-order valence-corrected chi connectivity index (χ4v) is 10.6. The Morgan fingerprint density at radius 3 is 2.39 bits per heavy atom. The van der Waals surface area contributed by atoms with Crippen molar-refractivity contribution in [2.24, 2.45) is 52.3 Å². The van der Waals surface area contributed by atoms with Gasteiger partial charge in [-0.1, -0.05) is 59.9 Å². The molecule has 9 unspecified atom stereocenters.